The van der Waals surface area contributed by atoms with E-state index in [0.29, 0.717) is 5.75 Å². The van der Waals surface area contributed by atoms with E-state index in [4.69, 9.17) is 9.32 Å². The Morgan fingerprint density at radius 2 is 2.15 bits per heavy atom. The summed E-state index contributed by atoms with van der Waals surface area (Å²) in [4.78, 5) is 0.0547. The van der Waals surface area contributed by atoms with E-state index in [-0.39, 0.29) is 4.90 Å². The van der Waals surface area contributed by atoms with Crippen LogP contribution in [0.1, 0.15) is 0 Å². The van der Waals surface area contributed by atoms with E-state index in [1.807, 2.05) is 0 Å². The zero-order valence-corrected chi connectivity index (χ0v) is 8.56. The summed E-state index contributed by atoms with van der Waals surface area (Å²) in [6, 6.07) is 6.03. The molecule has 6 heteroatoms. The average Bonchev–Trinajstić information content (AvgIpc) is 2.04. The van der Waals surface area contributed by atoms with Crippen molar-refractivity contribution >= 4 is 22.1 Å². The summed E-state index contributed by atoms with van der Waals surface area (Å²) in [6.07, 6.45) is 1.74. The van der Waals surface area contributed by atoms with E-state index < -0.39 is 10.0 Å². The fourth-order valence-electron chi connectivity index (χ4n) is 0.799. The largest absolute Gasteiger partial charge is 0.426 e. The molecule has 0 unspecified atom stereocenters. The predicted molar refractivity (Wildman–Crippen MR) is 52.0 cm³/mol. The zero-order valence-electron chi connectivity index (χ0n) is 6.93. The molecule has 0 aromatic heterocycles. The third kappa shape index (κ3) is 2.91. The van der Waals surface area contributed by atoms with Crippen LogP contribution in [0.15, 0.2) is 29.2 Å². The molecule has 0 amide bonds. The molecule has 2 N–H and O–H groups in total. The van der Waals surface area contributed by atoms with Crippen molar-refractivity contribution in [2.45, 2.75) is 4.90 Å². The molecular weight excluding hydrogens is 210 g/mol. The van der Waals surface area contributed by atoms with Crippen molar-refractivity contribution in [3.8, 4) is 5.75 Å². The SMILES string of the molecule is CSOc1cccc(S(N)(=O)=O)c1. The Kier molecular flexibility index (Phi) is 3.18. The lowest BCUT2D eigenvalue weighted by molar-refractivity contribution is 0.595. The zero-order chi connectivity index (χ0) is 9.90. The minimum absolute atomic E-state index is 0.0547. The number of nitrogens with two attached hydrogens (primary N) is 1. The van der Waals surface area contributed by atoms with E-state index in [2.05, 4.69) is 0 Å². The molecular formula is C7H9NO3S2. The van der Waals surface area contributed by atoms with Gasteiger partial charge in [0, 0.05) is 12.3 Å². The fourth-order valence-corrected chi connectivity index (χ4v) is 1.64. The molecule has 0 aliphatic rings. The third-order valence-electron chi connectivity index (χ3n) is 1.31. The van der Waals surface area contributed by atoms with Gasteiger partial charge in [0.1, 0.15) is 5.75 Å². The number of benzene rings is 1. The monoisotopic (exact) mass is 219 g/mol. The second-order valence-electron chi connectivity index (χ2n) is 2.27. The van der Waals surface area contributed by atoms with E-state index in [1.165, 1.54) is 12.1 Å². The molecule has 4 nitrogen and oxygen atoms in total. The lowest BCUT2D eigenvalue weighted by atomic mass is 10.3. The van der Waals surface area contributed by atoms with Gasteiger partial charge in [0.05, 0.1) is 16.9 Å². The van der Waals surface area contributed by atoms with Crippen molar-refractivity contribution in [1.29, 1.82) is 0 Å². The van der Waals surface area contributed by atoms with Gasteiger partial charge < -0.3 is 4.18 Å². The number of primary sulfonamides is 1. The molecule has 1 rings (SSSR count). The van der Waals surface area contributed by atoms with Crippen molar-refractivity contribution in [1.82, 2.24) is 0 Å². The Labute approximate surface area is 81.3 Å². The highest BCUT2D eigenvalue weighted by molar-refractivity contribution is 7.94. The Morgan fingerprint density at radius 1 is 1.46 bits per heavy atom. The van der Waals surface area contributed by atoms with Crippen LogP contribution in [0.3, 0.4) is 0 Å². The maximum Gasteiger partial charge on any atom is 0.238 e. The highest BCUT2D eigenvalue weighted by Crippen LogP contribution is 2.18. The van der Waals surface area contributed by atoms with Crippen LogP contribution in [0, 0.1) is 0 Å². The Balaban J connectivity index is 3.06. The van der Waals surface area contributed by atoms with Crippen LogP contribution >= 0.6 is 12.0 Å². The first-order chi connectivity index (χ1) is 6.04. The van der Waals surface area contributed by atoms with Gasteiger partial charge in [0.2, 0.25) is 10.0 Å². The predicted octanol–water partition coefficient (Wildman–Crippen LogP) is 0.991. The Hall–Kier alpha value is -0.720. The molecule has 0 saturated carbocycles. The van der Waals surface area contributed by atoms with Gasteiger partial charge in [-0.25, -0.2) is 13.6 Å². The average molecular weight is 219 g/mol. The standard InChI is InChI=1S/C7H9NO3S2/c1-12-11-6-3-2-4-7(5-6)13(8,9)10/h2-5H,1H3,(H2,8,9,10). The molecule has 0 aliphatic carbocycles. The van der Waals surface area contributed by atoms with Crippen LogP contribution in [0.25, 0.3) is 0 Å². The van der Waals surface area contributed by atoms with Gasteiger partial charge in [0.25, 0.3) is 0 Å². The summed E-state index contributed by atoms with van der Waals surface area (Å²) in [7, 11) is -3.63. The van der Waals surface area contributed by atoms with Crippen molar-refractivity contribution in [2.75, 3.05) is 6.26 Å². The maximum absolute atomic E-state index is 10.9. The molecule has 13 heavy (non-hydrogen) atoms. The van der Waals surface area contributed by atoms with E-state index in [1.54, 1.807) is 18.4 Å². The van der Waals surface area contributed by atoms with E-state index in [9.17, 15) is 8.42 Å². The molecule has 72 valence electrons. The van der Waals surface area contributed by atoms with Crippen molar-refractivity contribution in [3.63, 3.8) is 0 Å². The summed E-state index contributed by atoms with van der Waals surface area (Å²) in [5, 5.41) is 4.93. The van der Waals surface area contributed by atoms with Crippen molar-refractivity contribution in [2.24, 2.45) is 5.14 Å². The third-order valence-corrected chi connectivity index (χ3v) is 2.58. The second-order valence-corrected chi connectivity index (χ2v) is 4.33. The summed E-state index contributed by atoms with van der Waals surface area (Å²) in [6.45, 7) is 0. The minimum Gasteiger partial charge on any atom is -0.426 e. The van der Waals surface area contributed by atoms with E-state index >= 15 is 0 Å². The molecule has 1 aromatic rings. The van der Waals surface area contributed by atoms with Crippen LogP contribution in [0.4, 0.5) is 0 Å². The molecule has 0 atom stereocenters. The van der Waals surface area contributed by atoms with Crippen LogP contribution in [-0.4, -0.2) is 14.7 Å². The highest BCUT2D eigenvalue weighted by Gasteiger charge is 2.07. The van der Waals surface area contributed by atoms with E-state index in [0.717, 1.165) is 12.0 Å². The lowest BCUT2D eigenvalue weighted by Gasteiger charge is -2.02. The summed E-state index contributed by atoms with van der Waals surface area (Å²) in [5.41, 5.74) is 0. The van der Waals surface area contributed by atoms with Crippen molar-refractivity contribution < 1.29 is 12.6 Å². The van der Waals surface area contributed by atoms with Gasteiger partial charge >= 0.3 is 0 Å². The topological polar surface area (TPSA) is 69.4 Å². The maximum atomic E-state index is 10.9. The number of sulfonamides is 1. The molecule has 0 fully saturated rings. The molecule has 0 heterocycles. The summed E-state index contributed by atoms with van der Waals surface area (Å²) >= 11 is 1.14. The second kappa shape index (κ2) is 3.99. The molecule has 1 aromatic carbocycles. The first-order valence-electron chi connectivity index (χ1n) is 3.37. The van der Waals surface area contributed by atoms with Crippen molar-refractivity contribution in [3.05, 3.63) is 24.3 Å². The smallest absolute Gasteiger partial charge is 0.238 e. The first-order valence-corrected chi connectivity index (χ1v) is 6.07. The van der Waals surface area contributed by atoms with Crippen LogP contribution in [0.5, 0.6) is 5.75 Å². The Bertz CT molecular complexity index is 388. The van der Waals surface area contributed by atoms with Gasteiger partial charge in [-0.1, -0.05) is 6.07 Å². The lowest BCUT2D eigenvalue weighted by Crippen LogP contribution is -2.11. The fraction of sp³-hybridized carbons (Fsp3) is 0.143. The van der Waals surface area contributed by atoms with Gasteiger partial charge in [0.15, 0.2) is 0 Å². The summed E-state index contributed by atoms with van der Waals surface area (Å²) in [5.74, 6) is 0.471. The van der Waals surface area contributed by atoms with Crippen LogP contribution in [0.2, 0.25) is 0 Å². The van der Waals surface area contributed by atoms with Crippen LogP contribution < -0.4 is 9.32 Å². The molecule has 0 aliphatic heterocycles. The van der Waals surface area contributed by atoms with Gasteiger partial charge in [-0.2, -0.15) is 0 Å². The quantitative estimate of drug-likeness (QED) is 0.770. The van der Waals surface area contributed by atoms with Crippen LogP contribution in [-0.2, 0) is 10.0 Å². The molecule has 0 saturated heterocycles. The van der Waals surface area contributed by atoms with Gasteiger partial charge in [-0.3, -0.25) is 0 Å². The highest BCUT2D eigenvalue weighted by atomic mass is 32.2. The van der Waals surface area contributed by atoms with Gasteiger partial charge in [-0.15, -0.1) is 0 Å². The minimum atomic E-state index is -3.63. The normalized spacial score (nSPS) is 11.2. The number of hydrogen-bond acceptors (Lipinski definition) is 4. The Morgan fingerprint density at radius 3 is 2.69 bits per heavy atom. The van der Waals surface area contributed by atoms with Gasteiger partial charge in [-0.05, 0) is 12.1 Å². The molecule has 0 bridgehead atoms. The molecule has 0 radical (unpaired) electrons. The number of hydrogen-bond donors (Lipinski definition) is 1. The molecule has 0 spiro atoms. The number of rotatable bonds is 3. The summed E-state index contributed by atoms with van der Waals surface area (Å²) < 4.78 is 26.8. The first kappa shape index (κ1) is 10.4.